The molecule has 1 unspecified atom stereocenters. The molecule has 7 heteroatoms. The molecule has 1 aliphatic heterocycles. The number of anilines is 1. The summed E-state index contributed by atoms with van der Waals surface area (Å²) in [5, 5.41) is 14.3. The first-order valence-corrected chi connectivity index (χ1v) is 7.09. The average molecular weight is 313 g/mol. The maximum atomic E-state index is 11.7. The van der Waals surface area contributed by atoms with Crippen molar-refractivity contribution in [2.24, 2.45) is 5.92 Å². The van der Waals surface area contributed by atoms with Crippen LogP contribution >= 0.6 is 11.6 Å². The van der Waals surface area contributed by atoms with Crippen LogP contribution in [-0.4, -0.2) is 36.9 Å². The number of carboxylic acid groups (broad SMARTS) is 1. The second kappa shape index (κ2) is 7.28. The van der Waals surface area contributed by atoms with Crippen LogP contribution in [0.1, 0.15) is 23.2 Å². The van der Waals surface area contributed by atoms with Gasteiger partial charge in [0.25, 0.3) is 0 Å². The maximum absolute atomic E-state index is 11.7. The van der Waals surface area contributed by atoms with E-state index in [0.29, 0.717) is 18.2 Å². The number of carboxylic acids is 1. The van der Waals surface area contributed by atoms with Crippen LogP contribution in [-0.2, 0) is 4.74 Å². The number of hydrogen-bond acceptors (Lipinski definition) is 3. The number of nitrogens with one attached hydrogen (secondary N) is 2. The zero-order valence-electron chi connectivity index (χ0n) is 11.4. The van der Waals surface area contributed by atoms with Crippen LogP contribution in [0.4, 0.5) is 10.5 Å². The van der Waals surface area contributed by atoms with Crippen molar-refractivity contribution in [1.82, 2.24) is 5.32 Å². The summed E-state index contributed by atoms with van der Waals surface area (Å²) in [6.45, 7) is 2.13. The number of carbonyl (C=O) groups is 2. The molecule has 6 nitrogen and oxygen atoms in total. The smallest absolute Gasteiger partial charge is 0.337 e. The van der Waals surface area contributed by atoms with Crippen LogP contribution in [0.15, 0.2) is 18.2 Å². The lowest BCUT2D eigenvalue weighted by atomic mass is 10.1. The predicted octanol–water partition coefficient (Wildman–Crippen LogP) is 2.59. The van der Waals surface area contributed by atoms with Gasteiger partial charge in [0.2, 0.25) is 0 Å². The third kappa shape index (κ3) is 4.61. The topological polar surface area (TPSA) is 87.7 Å². The minimum atomic E-state index is -1.10. The minimum Gasteiger partial charge on any atom is -0.478 e. The van der Waals surface area contributed by atoms with E-state index < -0.39 is 5.97 Å². The van der Waals surface area contributed by atoms with Crippen molar-refractivity contribution in [3.8, 4) is 0 Å². The van der Waals surface area contributed by atoms with Crippen molar-refractivity contribution in [3.05, 3.63) is 28.8 Å². The van der Waals surface area contributed by atoms with Gasteiger partial charge >= 0.3 is 12.0 Å². The monoisotopic (exact) mass is 312 g/mol. The Morgan fingerprint density at radius 1 is 1.43 bits per heavy atom. The lowest BCUT2D eigenvalue weighted by Crippen LogP contribution is -2.30. The zero-order chi connectivity index (χ0) is 15.2. The van der Waals surface area contributed by atoms with E-state index in [2.05, 4.69) is 10.6 Å². The molecule has 0 saturated carbocycles. The Bertz CT molecular complexity index is 530. The Morgan fingerprint density at radius 3 is 2.86 bits per heavy atom. The highest BCUT2D eigenvalue weighted by molar-refractivity contribution is 6.33. The first kappa shape index (κ1) is 15.6. The van der Waals surface area contributed by atoms with Crippen molar-refractivity contribution >= 4 is 29.3 Å². The molecule has 3 N–H and O–H groups in total. The standard InChI is InChI=1S/C14H17ClN2O4/c15-12-7-10(1-2-11(12)13(18)19)17-14(20)16-5-3-9-4-6-21-8-9/h1-2,7,9H,3-6,8H2,(H,18,19)(H2,16,17,20). The molecule has 0 bridgehead atoms. The van der Waals surface area contributed by atoms with E-state index in [4.69, 9.17) is 21.4 Å². The highest BCUT2D eigenvalue weighted by Gasteiger charge is 2.15. The van der Waals surface area contributed by atoms with Gasteiger partial charge in [-0.3, -0.25) is 0 Å². The van der Waals surface area contributed by atoms with Gasteiger partial charge in [-0.2, -0.15) is 0 Å². The van der Waals surface area contributed by atoms with Crippen molar-refractivity contribution in [2.45, 2.75) is 12.8 Å². The number of carbonyl (C=O) groups excluding carboxylic acids is 1. The molecular formula is C14H17ClN2O4. The van der Waals surface area contributed by atoms with Crippen LogP contribution in [0, 0.1) is 5.92 Å². The molecule has 0 aromatic heterocycles. The number of ether oxygens (including phenoxy) is 1. The fourth-order valence-corrected chi connectivity index (χ4v) is 2.40. The Balaban J connectivity index is 1.79. The van der Waals surface area contributed by atoms with E-state index >= 15 is 0 Å². The van der Waals surface area contributed by atoms with Gasteiger partial charge in [-0.1, -0.05) is 11.6 Å². The second-order valence-corrected chi connectivity index (χ2v) is 5.31. The molecule has 1 fully saturated rings. The van der Waals surface area contributed by atoms with Crippen molar-refractivity contribution < 1.29 is 19.4 Å². The number of benzene rings is 1. The summed E-state index contributed by atoms with van der Waals surface area (Å²) < 4.78 is 5.26. The molecule has 1 aromatic rings. The summed E-state index contributed by atoms with van der Waals surface area (Å²) in [4.78, 5) is 22.5. The minimum absolute atomic E-state index is 0.00357. The molecule has 1 aromatic carbocycles. The lowest BCUT2D eigenvalue weighted by molar-refractivity contribution is 0.0697. The molecule has 1 atom stereocenters. The van der Waals surface area contributed by atoms with Gasteiger partial charge in [0, 0.05) is 25.4 Å². The van der Waals surface area contributed by atoms with E-state index in [1.165, 1.54) is 18.2 Å². The van der Waals surface area contributed by atoms with E-state index in [0.717, 1.165) is 26.1 Å². The number of rotatable bonds is 5. The third-order valence-corrected chi connectivity index (χ3v) is 3.63. The summed E-state index contributed by atoms with van der Waals surface area (Å²) >= 11 is 5.83. The summed E-state index contributed by atoms with van der Waals surface area (Å²) in [6.07, 6.45) is 1.92. The molecular weight excluding hydrogens is 296 g/mol. The van der Waals surface area contributed by atoms with Gasteiger partial charge in [-0.25, -0.2) is 9.59 Å². The number of amides is 2. The molecule has 0 spiro atoms. The number of aromatic carboxylic acids is 1. The molecule has 0 radical (unpaired) electrons. The molecule has 1 heterocycles. The van der Waals surface area contributed by atoms with Gasteiger partial charge in [-0.05, 0) is 37.0 Å². The molecule has 2 amide bonds. The quantitative estimate of drug-likeness (QED) is 0.780. The Hall–Kier alpha value is -1.79. The molecule has 1 aliphatic rings. The first-order chi connectivity index (χ1) is 10.1. The van der Waals surface area contributed by atoms with Gasteiger partial charge in [0.15, 0.2) is 0 Å². The average Bonchev–Trinajstić information content (AvgIpc) is 2.91. The summed E-state index contributed by atoms with van der Waals surface area (Å²) in [6, 6.07) is 3.93. The molecule has 0 aliphatic carbocycles. The SMILES string of the molecule is O=C(NCCC1CCOC1)Nc1ccc(C(=O)O)c(Cl)c1. The van der Waals surface area contributed by atoms with Gasteiger partial charge in [0.1, 0.15) is 0 Å². The van der Waals surface area contributed by atoms with Crippen LogP contribution in [0.5, 0.6) is 0 Å². The normalized spacial score (nSPS) is 17.5. The molecule has 1 saturated heterocycles. The fourth-order valence-electron chi connectivity index (χ4n) is 2.14. The van der Waals surface area contributed by atoms with E-state index in [9.17, 15) is 9.59 Å². The third-order valence-electron chi connectivity index (χ3n) is 3.32. The van der Waals surface area contributed by atoms with E-state index in [-0.39, 0.29) is 16.6 Å². The molecule has 2 rings (SSSR count). The number of urea groups is 1. The van der Waals surface area contributed by atoms with Crippen LogP contribution in [0.3, 0.4) is 0 Å². The number of hydrogen-bond donors (Lipinski definition) is 3. The van der Waals surface area contributed by atoms with Crippen molar-refractivity contribution in [2.75, 3.05) is 25.1 Å². The van der Waals surface area contributed by atoms with E-state index in [1.807, 2.05) is 0 Å². The van der Waals surface area contributed by atoms with Crippen molar-refractivity contribution in [3.63, 3.8) is 0 Å². The summed E-state index contributed by atoms with van der Waals surface area (Å²) in [7, 11) is 0. The van der Waals surface area contributed by atoms with Crippen molar-refractivity contribution in [1.29, 1.82) is 0 Å². The number of halogens is 1. The maximum Gasteiger partial charge on any atom is 0.337 e. The fraction of sp³-hybridized carbons (Fsp3) is 0.429. The van der Waals surface area contributed by atoms with Gasteiger partial charge in [0.05, 0.1) is 10.6 Å². The lowest BCUT2D eigenvalue weighted by Gasteiger charge is -2.10. The van der Waals surface area contributed by atoms with Crippen LogP contribution in [0.25, 0.3) is 0 Å². The zero-order valence-corrected chi connectivity index (χ0v) is 12.2. The second-order valence-electron chi connectivity index (χ2n) is 4.90. The largest absolute Gasteiger partial charge is 0.478 e. The van der Waals surface area contributed by atoms with Gasteiger partial charge in [-0.15, -0.1) is 0 Å². The summed E-state index contributed by atoms with van der Waals surface area (Å²) in [5.41, 5.74) is 0.454. The predicted molar refractivity (Wildman–Crippen MR) is 79.0 cm³/mol. The molecule has 114 valence electrons. The first-order valence-electron chi connectivity index (χ1n) is 6.71. The molecule has 21 heavy (non-hydrogen) atoms. The van der Waals surface area contributed by atoms with Crippen LogP contribution in [0.2, 0.25) is 5.02 Å². The van der Waals surface area contributed by atoms with Crippen LogP contribution < -0.4 is 10.6 Å². The Kier molecular flexibility index (Phi) is 5.41. The summed E-state index contributed by atoms with van der Waals surface area (Å²) in [5.74, 6) is -0.593. The van der Waals surface area contributed by atoms with Gasteiger partial charge < -0.3 is 20.5 Å². The van der Waals surface area contributed by atoms with E-state index in [1.54, 1.807) is 0 Å². The Morgan fingerprint density at radius 2 is 2.24 bits per heavy atom. The Labute approximate surface area is 127 Å². The highest BCUT2D eigenvalue weighted by Crippen LogP contribution is 2.21. The highest BCUT2D eigenvalue weighted by atomic mass is 35.5.